The van der Waals surface area contributed by atoms with E-state index in [1.165, 1.54) is 0 Å². The van der Waals surface area contributed by atoms with Crippen LogP contribution in [0.5, 0.6) is 5.75 Å². The van der Waals surface area contributed by atoms with Crippen molar-refractivity contribution >= 4 is 11.6 Å². The minimum absolute atomic E-state index is 0.0471. The molecule has 1 unspecified atom stereocenters. The normalized spacial score (nSPS) is 13.9. The molecule has 0 aliphatic rings. The summed E-state index contributed by atoms with van der Waals surface area (Å²) in [6.07, 6.45) is 1.03. The Hall–Kier alpha value is -1.49. The molecule has 0 amide bonds. The molecule has 108 valence electrons. The Bertz CT molecular complexity index is 516. The Morgan fingerprint density at radius 2 is 2.20 bits per heavy atom. The molecule has 1 heterocycles. The number of rotatable bonds is 7. The van der Waals surface area contributed by atoms with Crippen LogP contribution in [0.3, 0.4) is 0 Å². The van der Waals surface area contributed by atoms with Crippen molar-refractivity contribution < 1.29 is 14.3 Å². The number of ether oxygens (including phenoxy) is 1. The number of furan rings is 1. The fraction of sp³-hybridized carbons (Fsp3) is 0.333. The van der Waals surface area contributed by atoms with Gasteiger partial charge in [0, 0.05) is 11.6 Å². The van der Waals surface area contributed by atoms with Gasteiger partial charge in [-0.1, -0.05) is 17.7 Å². The molecule has 0 aliphatic heterocycles. The summed E-state index contributed by atoms with van der Waals surface area (Å²) >= 11 is 5.85. The Morgan fingerprint density at radius 3 is 2.90 bits per heavy atom. The average Bonchev–Trinajstić information content (AvgIpc) is 2.97. The smallest absolute Gasteiger partial charge is 0.120 e. The second kappa shape index (κ2) is 7.33. The van der Waals surface area contributed by atoms with Gasteiger partial charge < -0.3 is 19.6 Å². The molecule has 4 nitrogen and oxygen atoms in total. The van der Waals surface area contributed by atoms with Gasteiger partial charge in [0.15, 0.2) is 0 Å². The molecule has 0 aliphatic carbocycles. The molecular formula is C15H18ClNO3. The second-order valence-electron chi connectivity index (χ2n) is 4.57. The van der Waals surface area contributed by atoms with Crippen LogP contribution in [-0.2, 0) is 0 Å². The first-order valence-corrected chi connectivity index (χ1v) is 6.86. The van der Waals surface area contributed by atoms with E-state index in [1.54, 1.807) is 30.5 Å². The number of halogens is 1. The van der Waals surface area contributed by atoms with E-state index in [-0.39, 0.29) is 12.6 Å². The van der Waals surface area contributed by atoms with Crippen molar-refractivity contribution in [1.82, 2.24) is 5.32 Å². The van der Waals surface area contributed by atoms with Crippen LogP contribution >= 0.6 is 11.6 Å². The summed E-state index contributed by atoms with van der Waals surface area (Å²) in [5.41, 5.74) is 0. The van der Waals surface area contributed by atoms with Gasteiger partial charge in [0.05, 0.1) is 12.3 Å². The standard InChI is InChI=1S/C15H18ClNO3/c1-11(15-6-3-7-19-15)17-9-13(18)10-20-14-5-2-4-12(16)8-14/h2-8,11,13,17-18H,9-10H2,1H3/t11-,13?/m0/s1. The highest BCUT2D eigenvalue weighted by Gasteiger charge is 2.11. The Kier molecular flexibility index (Phi) is 5.47. The van der Waals surface area contributed by atoms with Crippen molar-refractivity contribution in [3.05, 3.63) is 53.4 Å². The van der Waals surface area contributed by atoms with Gasteiger partial charge in [-0.15, -0.1) is 0 Å². The zero-order valence-corrected chi connectivity index (χ0v) is 12.0. The lowest BCUT2D eigenvalue weighted by Gasteiger charge is -2.16. The minimum Gasteiger partial charge on any atom is -0.491 e. The molecule has 2 aromatic rings. The van der Waals surface area contributed by atoms with Crippen LogP contribution in [-0.4, -0.2) is 24.4 Å². The molecule has 1 aromatic carbocycles. The first kappa shape index (κ1) is 14.9. The van der Waals surface area contributed by atoms with Gasteiger partial charge in [-0.2, -0.15) is 0 Å². The van der Waals surface area contributed by atoms with E-state index < -0.39 is 6.10 Å². The molecule has 0 saturated heterocycles. The number of benzene rings is 1. The maximum absolute atomic E-state index is 9.88. The summed E-state index contributed by atoms with van der Waals surface area (Å²) in [5, 5.41) is 13.7. The summed E-state index contributed by atoms with van der Waals surface area (Å²) in [6, 6.07) is 10.9. The quantitative estimate of drug-likeness (QED) is 0.824. The fourth-order valence-electron chi connectivity index (χ4n) is 1.76. The predicted molar refractivity (Wildman–Crippen MR) is 78.1 cm³/mol. The van der Waals surface area contributed by atoms with E-state index in [9.17, 15) is 5.11 Å². The van der Waals surface area contributed by atoms with E-state index >= 15 is 0 Å². The number of aliphatic hydroxyl groups is 1. The lowest BCUT2D eigenvalue weighted by Crippen LogP contribution is -2.32. The second-order valence-corrected chi connectivity index (χ2v) is 5.00. The maximum atomic E-state index is 9.88. The van der Waals surface area contributed by atoms with Gasteiger partial charge in [0.25, 0.3) is 0 Å². The predicted octanol–water partition coefficient (Wildman–Crippen LogP) is 3.02. The molecule has 0 saturated carbocycles. The number of aliphatic hydroxyl groups excluding tert-OH is 1. The van der Waals surface area contributed by atoms with E-state index in [0.717, 1.165) is 5.76 Å². The highest BCUT2D eigenvalue weighted by atomic mass is 35.5. The third kappa shape index (κ3) is 4.56. The van der Waals surface area contributed by atoms with Crippen LogP contribution in [0.1, 0.15) is 18.7 Å². The van der Waals surface area contributed by atoms with E-state index in [4.69, 9.17) is 20.8 Å². The number of nitrogens with one attached hydrogen (secondary N) is 1. The van der Waals surface area contributed by atoms with Gasteiger partial charge in [-0.05, 0) is 37.3 Å². The van der Waals surface area contributed by atoms with Gasteiger partial charge in [-0.3, -0.25) is 0 Å². The van der Waals surface area contributed by atoms with Gasteiger partial charge in [-0.25, -0.2) is 0 Å². The molecule has 1 aromatic heterocycles. The van der Waals surface area contributed by atoms with E-state index in [0.29, 0.717) is 17.3 Å². The summed E-state index contributed by atoms with van der Waals surface area (Å²) in [5.74, 6) is 1.49. The Labute approximate surface area is 123 Å². The van der Waals surface area contributed by atoms with Gasteiger partial charge in [0.2, 0.25) is 0 Å². The molecule has 2 N–H and O–H groups in total. The minimum atomic E-state index is -0.605. The number of hydrogen-bond donors (Lipinski definition) is 2. The van der Waals surface area contributed by atoms with Crippen LogP contribution < -0.4 is 10.1 Å². The van der Waals surface area contributed by atoms with E-state index in [2.05, 4.69) is 5.32 Å². The zero-order chi connectivity index (χ0) is 14.4. The maximum Gasteiger partial charge on any atom is 0.120 e. The van der Waals surface area contributed by atoms with E-state index in [1.807, 2.05) is 19.1 Å². The van der Waals surface area contributed by atoms with Gasteiger partial charge in [0.1, 0.15) is 24.2 Å². The van der Waals surface area contributed by atoms with Gasteiger partial charge >= 0.3 is 0 Å². The average molecular weight is 296 g/mol. The monoisotopic (exact) mass is 295 g/mol. The molecule has 0 spiro atoms. The summed E-state index contributed by atoms with van der Waals surface area (Å²) in [7, 11) is 0. The molecular weight excluding hydrogens is 278 g/mol. The van der Waals surface area contributed by atoms with Crippen molar-refractivity contribution in [3.8, 4) is 5.75 Å². The van der Waals surface area contributed by atoms with Crippen LogP contribution in [0.15, 0.2) is 47.1 Å². The molecule has 2 atom stereocenters. The third-order valence-electron chi connectivity index (χ3n) is 2.87. The SMILES string of the molecule is C[C@H](NCC(O)COc1cccc(Cl)c1)c1ccco1. The third-order valence-corrected chi connectivity index (χ3v) is 3.10. The molecule has 0 bridgehead atoms. The summed E-state index contributed by atoms with van der Waals surface area (Å²) in [4.78, 5) is 0. The molecule has 0 radical (unpaired) electrons. The van der Waals surface area contributed by atoms with Crippen LogP contribution in [0, 0.1) is 0 Å². The first-order chi connectivity index (χ1) is 9.65. The molecule has 0 fully saturated rings. The van der Waals surface area contributed by atoms with Crippen LogP contribution in [0.25, 0.3) is 0 Å². The van der Waals surface area contributed by atoms with Crippen molar-refractivity contribution in [2.24, 2.45) is 0 Å². The molecule has 2 rings (SSSR count). The summed E-state index contributed by atoms with van der Waals surface area (Å²) < 4.78 is 10.8. The Morgan fingerprint density at radius 1 is 1.35 bits per heavy atom. The van der Waals surface area contributed by atoms with Crippen LogP contribution in [0.4, 0.5) is 0 Å². The number of hydrogen-bond acceptors (Lipinski definition) is 4. The fourth-order valence-corrected chi connectivity index (χ4v) is 1.94. The lowest BCUT2D eigenvalue weighted by molar-refractivity contribution is 0.103. The molecule has 20 heavy (non-hydrogen) atoms. The topological polar surface area (TPSA) is 54.6 Å². The highest BCUT2D eigenvalue weighted by Crippen LogP contribution is 2.17. The van der Waals surface area contributed by atoms with Crippen molar-refractivity contribution in [1.29, 1.82) is 0 Å². The van der Waals surface area contributed by atoms with Crippen molar-refractivity contribution in [3.63, 3.8) is 0 Å². The lowest BCUT2D eigenvalue weighted by atomic mass is 10.2. The molecule has 5 heteroatoms. The summed E-state index contributed by atoms with van der Waals surface area (Å²) in [6.45, 7) is 2.60. The largest absolute Gasteiger partial charge is 0.491 e. The zero-order valence-electron chi connectivity index (χ0n) is 11.3. The Balaban J connectivity index is 1.71. The highest BCUT2D eigenvalue weighted by molar-refractivity contribution is 6.30. The van der Waals surface area contributed by atoms with Crippen LogP contribution in [0.2, 0.25) is 5.02 Å². The first-order valence-electron chi connectivity index (χ1n) is 6.48. The van der Waals surface area contributed by atoms with Crippen molar-refractivity contribution in [2.75, 3.05) is 13.2 Å². The van der Waals surface area contributed by atoms with Crippen molar-refractivity contribution in [2.45, 2.75) is 19.1 Å².